The van der Waals surface area contributed by atoms with Crippen molar-refractivity contribution in [2.45, 2.75) is 19.9 Å². The van der Waals surface area contributed by atoms with E-state index >= 15 is 0 Å². The van der Waals surface area contributed by atoms with E-state index in [2.05, 4.69) is 16.4 Å². The van der Waals surface area contributed by atoms with E-state index in [4.69, 9.17) is 21.1 Å². The van der Waals surface area contributed by atoms with Gasteiger partial charge in [-0.1, -0.05) is 41.4 Å². The Morgan fingerprint density at radius 3 is 2.59 bits per heavy atom. The van der Waals surface area contributed by atoms with E-state index in [0.29, 0.717) is 18.5 Å². The van der Waals surface area contributed by atoms with Gasteiger partial charge < -0.3 is 14.8 Å². The summed E-state index contributed by atoms with van der Waals surface area (Å²) in [4.78, 5) is 4.66. The van der Waals surface area contributed by atoms with E-state index in [1.165, 1.54) is 0 Å². The lowest BCUT2D eigenvalue weighted by atomic mass is 10.0. The van der Waals surface area contributed by atoms with E-state index in [0.717, 1.165) is 44.8 Å². The molecule has 0 spiro atoms. The molecule has 4 nitrogen and oxygen atoms in total. The molecule has 0 saturated heterocycles. The largest absolute Gasteiger partial charge is 0.497 e. The van der Waals surface area contributed by atoms with Gasteiger partial charge in [0.25, 0.3) is 0 Å². The maximum absolute atomic E-state index is 14.5. The number of benzene rings is 3. The van der Waals surface area contributed by atoms with Gasteiger partial charge in [-0.3, -0.25) is 4.98 Å². The number of aromatic nitrogens is 1. The van der Waals surface area contributed by atoms with Gasteiger partial charge in [0, 0.05) is 35.4 Å². The molecular weight excluding hydrogens is 427 g/mol. The SMILES string of the molecule is COc1ccc(CNc2cnc(Cc3cccc(Cl)c3F)c3ccc(C)cc23)c(OC)c1. The highest BCUT2D eigenvalue weighted by Crippen LogP contribution is 2.31. The van der Waals surface area contributed by atoms with Crippen LogP contribution in [0.5, 0.6) is 11.5 Å². The van der Waals surface area contributed by atoms with Crippen molar-refractivity contribution >= 4 is 28.1 Å². The molecule has 0 unspecified atom stereocenters. The first-order valence-corrected chi connectivity index (χ1v) is 10.6. The van der Waals surface area contributed by atoms with Gasteiger partial charge in [-0.05, 0) is 36.8 Å². The van der Waals surface area contributed by atoms with Crippen LogP contribution in [0.2, 0.25) is 5.02 Å². The molecular formula is C26H24ClFN2O2. The predicted molar refractivity (Wildman–Crippen MR) is 128 cm³/mol. The lowest BCUT2D eigenvalue weighted by Crippen LogP contribution is -2.05. The minimum atomic E-state index is -0.398. The van der Waals surface area contributed by atoms with Gasteiger partial charge in [-0.15, -0.1) is 0 Å². The molecule has 0 aliphatic rings. The molecule has 0 aliphatic heterocycles. The molecule has 0 atom stereocenters. The molecule has 0 bridgehead atoms. The molecule has 0 amide bonds. The molecule has 1 heterocycles. The molecule has 0 aliphatic carbocycles. The van der Waals surface area contributed by atoms with Crippen molar-refractivity contribution in [3.05, 3.63) is 94.0 Å². The number of nitrogens with one attached hydrogen (secondary N) is 1. The van der Waals surface area contributed by atoms with Crippen LogP contribution in [0, 0.1) is 12.7 Å². The summed E-state index contributed by atoms with van der Waals surface area (Å²) in [7, 11) is 3.27. The van der Waals surface area contributed by atoms with Gasteiger partial charge in [-0.2, -0.15) is 0 Å². The van der Waals surface area contributed by atoms with Crippen molar-refractivity contribution in [3.8, 4) is 11.5 Å². The Kier molecular flexibility index (Phi) is 6.47. The molecule has 0 radical (unpaired) electrons. The summed E-state index contributed by atoms with van der Waals surface area (Å²) in [6.07, 6.45) is 2.16. The minimum absolute atomic E-state index is 0.120. The number of fused-ring (bicyclic) bond motifs is 1. The van der Waals surface area contributed by atoms with Crippen molar-refractivity contribution in [3.63, 3.8) is 0 Å². The quantitative estimate of drug-likeness (QED) is 0.346. The highest BCUT2D eigenvalue weighted by molar-refractivity contribution is 6.30. The molecule has 32 heavy (non-hydrogen) atoms. The summed E-state index contributed by atoms with van der Waals surface area (Å²) in [5.41, 5.74) is 4.36. The van der Waals surface area contributed by atoms with E-state index < -0.39 is 5.82 Å². The monoisotopic (exact) mass is 450 g/mol. The second-order valence-electron chi connectivity index (χ2n) is 7.59. The Labute approximate surface area is 192 Å². The third-order valence-electron chi connectivity index (χ3n) is 5.48. The van der Waals surface area contributed by atoms with Crippen molar-refractivity contribution < 1.29 is 13.9 Å². The van der Waals surface area contributed by atoms with E-state index in [9.17, 15) is 4.39 Å². The molecule has 4 rings (SSSR count). The fourth-order valence-electron chi connectivity index (χ4n) is 3.75. The molecule has 1 aromatic heterocycles. The standard InChI is InChI=1S/C26H24ClFN2O2/c1-16-7-10-20-21(11-16)24(29-14-18-8-9-19(31-2)13-25(18)32-3)15-30-23(20)12-17-5-4-6-22(27)26(17)28/h4-11,13,15,29H,12,14H2,1-3H3. The number of methoxy groups -OCH3 is 2. The number of anilines is 1. The molecule has 0 fully saturated rings. The number of pyridine rings is 1. The van der Waals surface area contributed by atoms with E-state index in [-0.39, 0.29) is 5.02 Å². The molecule has 3 aromatic carbocycles. The van der Waals surface area contributed by atoms with Gasteiger partial charge in [0.05, 0.1) is 36.8 Å². The van der Waals surface area contributed by atoms with Crippen LogP contribution in [0.3, 0.4) is 0 Å². The minimum Gasteiger partial charge on any atom is -0.497 e. The average Bonchev–Trinajstić information content (AvgIpc) is 2.81. The molecule has 6 heteroatoms. The smallest absolute Gasteiger partial charge is 0.145 e. The van der Waals surface area contributed by atoms with Crippen molar-refractivity contribution in [1.82, 2.24) is 4.98 Å². The first kappa shape index (κ1) is 21.9. The van der Waals surface area contributed by atoms with Crippen LogP contribution < -0.4 is 14.8 Å². The van der Waals surface area contributed by atoms with Crippen molar-refractivity contribution in [2.24, 2.45) is 0 Å². The number of rotatable bonds is 7. The molecule has 0 saturated carbocycles. The zero-order valence-corrected chi connectivity index (χ0v) is 19.0. The Balaban J connectivity index is 1.67. The summed E-state index contributed by atoms with van der Waals surface area (Å²) in [6, 6.07) is 17.0. The first-order chi connectivity index (χ1) is 15.5. The highest BCUT2D eigenvalue weighted by Gasteiger charge is 2.13. The number of hydrogen-bond donors (Lipinski definition) is 1. The van der Waals surface area contributed by atoms with Crippen LogP contribution in [-0.4, -0.2) is 19.2 Å². The van der Waals surface area contributed by atoms with Crippen LogP contribution in [0.25, 0.3) is 10.8 Å². The van der Waals surface area contributed by atoms with Crippen LogP contribution in [-0.2, 0) is 13.0 Å². The van der Waals surface area contributed by atoms with Crippen molar-refractivity contribution in [2.75, 3.05) is 19.5 Å². The van der Waals surface area contributed by atoms with Gasteiger partial charge in [0.2, 0.25) is 0 Å². The lowest BCUT2D eigenvalue weighted by molar-refractivity contribution is 0.391. The lowest BCUT2D eigenvalue weighted by Gasteiger charge is -2.15. The van der Waals surface area contributed by atoms with Crippen LogP contribution in [0.4, 0.5) is 10.1 Å². The Morgan fingerprint density at radius 1 is 0.969 bits per heavy atom. The Morgan fingerprint density at radius 2 is 1.81 bits per heavy atom. The summed E-state index contributed by atoms with van der Waals surface area (Å²) in [6.45, 7) is 2.60. The first-order valence-electron chi connectivity index (χ1n) is 10.3. The number of hydrogen-bond acceptors (Lipinski definition) is 4. The van der Waals surface area contributed by atoms with Crippen LogP contribution in [0.1, 0.15) is 22.4 Å². The number of nitrogens with zero attached hydrogens (tertiary/aromatic N) is 1. The van der Waals surface area contributed by atoms with Crippen LogP contribution in [0.15, 0.2) is 60.8 Å². The maximum atomic E-state index is 14.5. The molecule has 164 valence electrons. The van der Waals surface area contributed by atoms with Gasteiger partial charge in [-0.25, -0.2) is 4.39 Å². The number of aryl methyl sites for hydroxylation is 1. The maximum Gasteiger partial charge on any atom is 0.145 e. The second-order valence-corrected chi connectivity index (χ2v) is 8.00. The van der Waals surface area contributed by atoms with Gasteiger partial charge in [0.1, 0.15) is 17.3 Å². The zero-order chi connectivity index (χ0) is 22.7. The summed E-state index contributed by atoms with van der Waals surface area (Å²) in [5, 5.41) is 5.60. The van der Waals surface area contributed by atoms with Gasteiger partial charge in [0.15, 0.2) is 0 Å². The fraction of sp³-hybridized carbons (Fsp3) is 0.192. The van der Waals surface area contributed by atoms with E-state index in [1.807, 2.05) is 37.3 Å². The highest BCUT2D eigenvalue weighted by atomic mass is 35.5. The Bertz CT molecular complexity index is 1280. The molecule has 4 aromatic rings. The topological polar surface area (TPSA) is 43.4 Å². The number of halogens is 2. The second kappa shape index (κ2) is 9.45. The molecule has 1 N–H and O–H groups in total. The zero-order valence-electron chi connectivity index (χ0n) is 18.2. The predicted octanol–water partition coefficient (Wildman–Crippen LogP) is 6.56. The van der Waals surface area contributed by atoms with E-state index in [1.54, 1.807) is 38.6 Å². The average molecular weight is 451 g/mol. The number of ether oxygens (including phenoxy) is 2. The normalized spacial score (nSPS) is 10.9. The van der Waals surface area contributed by atoms with Gasteiger partial charge >= 0.3 is 0 Å². The van der Waals surface area contributed by atoms with Crippen LogP contribution >= 0.6 is 11.6 Å². The third-order valence-corrected chi connectivity index (χ3v) is 5.77. The summed E-state index contributed by atoms with van der Waals surface area (Å²) < 4.78 is 25.3. The third kappa shape index (κ3) is 4.48. The Hall–Kier alpha value is -3.31. The summed E-state index contributed by atoms with van der Waals surface area (Å²) >= 11 is 5.96. The fourth-order valence-corrected chi connectivity index (χ4v) is 3.94. The summed E-state index contributed by atoms with van der Waals surface area (Å²) in [5.74, 6) is 1.09. The van der Waals surface area contributed by atoms with Crippen molar-refractivity contribution in [1.29, 1.82) is 0 Å².